The lowest BCUT2D eigenvalue weighted by Crippen LogP contribution is -2.15. The Kier molecular flexibility index (Phi) is 3.08. The number of thiazole rings is 1. The summed E-state index contributed by atoms with van der Waals surface area (Å²) in [5.41, 5.74) is 0. The molecule has 4 rings (SSSR count). The zero-order chi connectivity index (χ0) is 14.1. The fraction of sp³-hybridized carbons (Fsp3) is 0.200. The summed E-state index contributed by atoms with van der Waals surface area (Å²) in [5.74, 6) is 2.41. The van der Waals surface area contributed by atoms with Gasteiger partial charge in [0.25, 0.3) is 0 Å². The van der Waals surface area contributed by atoms with Gasteiger partial charge in [-0.1, -0.05) is 0 Å². The van der Waals surface area contributed by atoms with Crippen LogP contribution in [0.1, 0.15) is 5.01 Å². The van der Waals surface area contributed by atoms with Gasteiger partial charge >= 0.3 is 0 Å². The minimum absolute atomic E-state index is 0.584. The third-order valence-electron chi connectivity index (χ3n) is 3.32. The molecule has 2 aromatic heterocycles. The molecule has 0 radical (unpaired) electrons. The molecule has 1 aromatic carbocycles. The Balaban J connectivity index is 1.71. The van der Waals surface area contributed by atoms with E-state index >= 15 is 0 Å². The normalized spacial score (nSPS) is 13.3. The Bertz CT molecular complexity index is 774. The van der Waals surface area contributed by atoms with Crippen LogP contribution in [0.5, 0.6) is 11.5 Å². The van der Waals surface area contributed by atoms with Gasteiger partial charge in [0.05, 0.1) is 6.54 Å². The molecule has 0 amide bonds. The number of rotatable bonds is 3. The number of hydrogen-bond acceptors (Lipinski definition) is 6. The highest BCUT2D eigenvalue weighted by Gasteiger charge is 2.14. The second-order valence-corrected chi connectivity index (χ2v) is 5.64. The molecule has 5 nitrogen and oxygen atoms in total. The van der Waals surface area contributed by atoms with E-state index in [0.717, 1.165) is 33.1 Å². The quantitative estimate of drug-likeness (QED) is 0.805. The van der Waals surface area contributed by atoms with Crippen molar-refractivity contribution >= 4 is 27.9 Å². The number of ether oxygens (including phenoxy) is 2. The third-order valence-corrected chi connectivity index (χ3v) is 4.10. The van der Waals surface area contributed by atoms with Gasteiger partial charge in [0.2, 0.25) is 0 Å². The standard InChI is InChI=1S/C15H13N3O2S/c1-2-17-15(18-9-14-16-3-6-21-14)11-8-13-12(7-10(1)11)19-4-5-20-13/h1-3,6-8H,4-5,9H2,(H,17,18). The Morgan fingerprint density at radius 1 is 1.10 bits per heavy atom. The van der Waals surface area contributed by atoms with Crippen molar-refractivity contribution in [3.05, 3.63) is 41.0 Å². The van der Waals surface area contributed by atoms with Gasteiger partial charge in [-0.2, -0.15) is 0 Å². The van der Waals surface area contributed by atoms with E-state index in [4.69, 9.17) is 9.47 Å². The minimum atomic E-state index is 0.584. The zero-order valence-corrected chi connectivity index (χ0v) is 12.0. The maximum absolute atomic E-state index is 5.65. The van der Waals surface area contributed by atoms with Gasteiger partial charge in [0, 0.05) is 23.2 Å². The predicted octanol–water partition coefficient (Wildman–Crippen LogP) is 3.07. The van der Waals surface area contributed by atoms with E-state index in [1.807, 2.05) is 23.6 Å². The number of aromatic nitrogens is 2. The molecular weight excluding hydrogens is 286 g/mol. The van der Waals surface area contributed by atoms with Crippen molar-refractivity contribution < 1.29 is 9.47 Å². The van der Waals surface area contributed by atoms with E-state index in [0.29, 0.717) is 19.8 Å². The van der Waals surface area contributed by atoms with Crippen LogP contribution in [0.3, 0.4) is 0 Å². The van der Waals surface area contributed by atoms with Crippen molar-refractivity contribution in [3.8, 4) is 11.5 Å². The Labute approximate surface area is 125 Å². The first-order chi connectivity index (χ1) is 10.4. The summed E-state index contributed by atoms with van der Waals surface area (Å²) in [7, 11) is 0. The van der Waals surface area contributed by atoms with Crippen LogP contribution in [0.4, 0.5) is 5.82 Å². The largest absolute Gasteiger partial charge is 0.486 e. The van der Waals surface area contributed by atoms with Crippen LogP contribution in [0.2, 0.25) is 0 Å². The van der Waals surface area contributed by atoms with E-state index in [9.17, 15) is 0 Å². The lowest BCUT2D eigenvalue weighted by molar-refractivity contribution is 0.172. The van der Waals surface area contributed by atoms with Gasteiger partial charge < -0.3 is 14.8 Å². The topological polar surface area (TPSA) is 56.3 Å². The summed E-state index contributed by atoms with van der Waals surface area (Å²) in [5, 5.41) is 8.44. The van der Waals surface area contributed by atoms with Crippen molar-refractivity contribution in [1.29, 1.82) is 0 Å². The van der Waals surface area contributed by atoms with Crippen molar-refractivity contribution in [2.75, 3.05) is 18.5 Å². The first kappa shape index (κ1) is 12.4. The average Bonchev–Trinajstić information content (AvgIpc) is 3.04. The molecule has 0 bridgehead atoms. The lowest BCUT2D eigenvalue weighted by atomic mass is 10.1. The van der Waals surface area contributed by atoms with Crippen LogP contribution in [-0.2, 0) is 6.54 Å². The van der Waals surface area contributed by atoms with E-state index in [2.05, 4.69) is 15.3 Å². The zero-order valence-electron chi connectivity index (χ0n) is 11.2. The highest BCUT2D eigenvalue weighted by atomic mass is 32.1. The van der Waals surface area contributed by atoms with E-state index in [1.165, 1.54) is 0 Å². The smallest absolute Gasteiger partial charge is 0.162 e. The molecule has 21 heavy (non-hydrogen) atoms. The first-order valence-electron chi connectivity index (χ1n) is 6.71. The van der Waals surface area contributed by atoms with E-state index in [-0.39, 0.29) is 0 Å². The number of fused-ring (bicyclic) bond motifs is 2. The summed E-state index contributed by atoms with van der Waals surface area (Å²) < 4.78 is 11.3. The van der Waals surface area contributed by atoms with Crippen molar-refractivity contribution in [2.24, 2.45) is 0 Å². The number of nitrogens with zero attached hydrogens (tertiary/aromatic N) is 2. The number of pyridine rings is 1. The molecular formula is C15H13N3O2S. The van der Waals surface area contributed by atoms with Crippen LogP contribution in [0.15, 0.2) is 36.0 Å². The number of anilines is 1. The van der Waals surface area contributed by atoms with Crippen molar-refractivity contribution in [3.63, 3.8) is 0 Å². The highest BCUT2D eigenvalue weighted by molar-refractivity contribution is 7.09. The molecule has 0 unspecified atom stereocenters. The van der Waals surface area contributed by atoms with E-state index < -0.39 is 0 Å². The molecule has 106 valence electrons. The molecule has 3 heterocycles. The third kappa shape index (κ3) is 2.38. The Morgan fingerprint density at radius 2 is 1.95 bits per heavy atom. The maximum atomic E-state index is 5.65. The molecule has 0 atom stereocenters. The van der Waals surface area contributed by atoms with Crippen LogP contribution >= 0.6 is 11.3 Å². The molecule has 0 aliphatic carbocycles. The number of benzene rings is 1. The molecule has 6 heteroatoms. The molecule has 3 aromatic rings. The second-order valence-electron chi connectivity index (χ2n) is 4.66. The predicted molar refractivity (Wildman–Crippen MR) is 82.2 cm³/mol. The van der Waals surface area contributed by atoms with Crippen LogP contribution in [0.25, 0.3) is 10.8 Å². The summed E-state index contributed by atoms with van der Waals surface area (Å²) in [4.78, 5) is 8.69. The molecule has 0 saturated heterocycles. The molecule has 1 aliphatic rings. The van der Waals surface area contributed by atoms with Crippen LogP contribution in [0, 0.1) is 0 Å². The summed E-state index contributed by atoms with van der Waals surface area (Å²) in [6.07, 6.45) is 3.60. The number of hydrogen-bond donors (Lipinski definition) is 1. The summed E-state index contributed by atoms with van der Waals surface area (Å²) in [6, 6.07) is 5.96. The van der Waals surface area contributed by atoms with Gasteiger partial charge in [0.1, 0.15) is 24.0 Å². The highest BCUT2D eigenvalue weighted by Crippen LogP contribution is 2.36. The Morgan fingerprint density at radius 3 is 2.76 bits per heavy atom. The Hall–Kier alpha value is -2.34. The van der Waals surface area contributed by atoms with Crippen LogP contribution in [-0.4, -0.2) is 23.2 Å². The van der Waals surface area contributed by atoms with Gasteiger partial charge in [0.15, 0.2) is 11.5 Å². The minimum Gasteiger partial charge on any atom is -0.486 e. The fourth-order valence-electron chi connectivity index (χ4n) is 2.35. The molecule has 1 N–H and O–H groups in total. The summed E-state index contributed by atoms with van der Waals surface area (Å²) in [6.45, 7) is 1.84. The fourth-order valence-corrected chi connectivity index (χ4v) is 2.91. The summed E-state index contributed by atoms with van der Waals surface area (Å²) >= 11 is 1.62. The van der Waals surface area contributed by atoms with Crippen molar-refractivity contribution in [1.82, 2.24) is 9.97 Å². The maximum Gasteiger partial charge on any atom is 0.162 e. The molecule has 0 saturated carbocycles. The average molecular weight is 299 g/mol. The number of nitrogens with one attached hydrogen (secondary N) is 1. The van der Waals surface area contributed by atoms with Gasteiger partial charge in [-0.15, -0.1) is 11.3 Å². The SMILES string of the molecule is c1csc(CNc2nccc3cc4c(cc23)OCCO4)n1. The van der Waals surface area contributed by atoms with Gasteiger partial charge in [-0.3, -0.25) is 0 Å². The van der Waals surface area contributed by atoms with Crippen LogP contribution < -0.4 is 14.8 Å². The molecule has 0 fully saturated rings. The first-order valence-corrected chi connectivity index (χ1v) is 7.59. The lowest BCUT2D eigenvalue weighted by Gasteiger charge is -2.19. The molecule has 1 aliphatic heterocycles. The van der Waals surface area contributed by atoms with Gasteiger partial charge in [-0.05, 0) is 23.6 Å². The van der Waals surface area contributed by atoms with E-state index in [1.54, 1.807) is 23.7 Å². The molecule has 0 spiro atoms. The second kappa shape index (κ2) is 5.21. The van der Waals surface area contributed by atoms with Crippen molar-refractivity contribution in [2.45, 2.75) is 6.54 Å². The monoisotopic (exact) mass is 299 g/mol. The van der Waals surface area contributed by atoms with Gasteiger partial charge in [-0.25, -0.2) is 9.97 Å².